The van der Waals surface area contributed by atoms with Gasteiger partial charge in [-0.05, 0) is 37.5 Å². The normalized spacial score (nSPS) is 25.3. The molecule has 0 bridgehead atoms. The minimum absolute atomic E-state index is 0.0342. The lowest BCUT2D eigenvalue weighted by atomic mass is 10.1. The summed E-state index contributed by atoms with van der Waals surface area (Å²) in [5.74, 6) is 2.10. The highest BCUT2D eigenvalue weighted by Gasteiger charge is 2.26. The van der Waals surface area contributed by atoms with Crippen LogP contribution in [0.25, 0.3) is 0 Å². The maximum absolute atomic E-state index is 11.7. The number of ether oxygens (including phenoxy) is 2. The molecule has 2 aliphatic heterocycles. The molecule has 1 saturated heterocycles. The van der Waals surface area contributed by atoms with Gasteiger partial charge in [0.25, 0.3) is 0 Å². The largest absolute Gasteiger partial charge is 0.486 e. The second kappa shape index (κ2) is 5.85. The summed E-state index contributed by atoms with van der Waals surface area (Å²) in [7, 11) is -2.88. The molecule has 1 aromatic carbocycles. The first kappa shape index (κ1) is 14.7. The van der Waals surface area contributed by atoms with Crippen molar-refractivity contribution in [3.63, 3.8) is 0 Å². The van der Waals surface area contributed by atoms with Crippen LogP contribution in [0.1, 0.15) is 31.4 Å². The maximum Gasteiger partial charge on any atom is 0.161 e. The monoisotopic (exact) mass is 311 g/mol. The fourth-order valence-corrected chi connectivity index (χ4v) is 4.58. The van der Waals surface area contributed by atoms with Gasteiger partial charge in [-0.3, -0.25) is 0 Å². The van der Waals surface area contributed by atoms with Gasteiger partial charge in [0.15, 0.2) is 21.3 Å². The molecular formula is C15H21NO4S. The summed E-state index contributed by atoms with van der Waals surface area (Å²) in [6.07, 6.45) is 1.65. The SMILES string of the molecule is CC(NC1CCCS(=O)(=O)C1)c1ccc2c(c1)OCCO2. The van der Waals surface area contributed by atoms with Gasteiger partial charge < -0.3 is 14.8 Å². The number of rotatable bonds is 3. The highest BCUT2D eigenvalue weighted by atomic mass is 32.2. The van der Waals surface area contributed by atoms with Gasteiger partial charge >= 0.3 is 0 Å². The summed E-state index contributed by atoms with van der Waals surface area (Å²) in [6, 6.07) is 6.01. The topological polar surface area (TPSA) is 64.6 Å². The Morgan fingerprint density at radius 1 is 1.24 bits per heavy atom. The lowest BCUT2D eigenvalue weighted by molar-refractivity contribution is 0.171. The van der Waals surface area contributed by atoms with E-state index in [1.807, 2.05) is 25.1 Å². The summed E-state index contributed by atoms with van der Waals surface area (Å²) in [6.45, 7) is 3.20. The van der Waals surface area contributed by atoms with Crippen molar-refractivity contribution in [3.05, 3.63) is 23.8 Å². The Morgan fingerprint density at radius 2 is 2.00 bits per heavy atom. The molecule has 3 rings (SSSR count). The van der Waals surface area contributed by atoms with E-state index < -0.39 is 9.84 Å². The van der Waals surface area contributed by atoms with E-state index in [0.29, 0.717) is 19.0 Å². The Bertz CT molecular complexity index is 614. The van der Waals surface area contributed by atoms with Crippen LogP contribution in [0.15, 0.2) is 18.2 Å². The molecule has 2 unspecified atom stereocenters. The minimum Gasteiger partial charge on any atom is -0.486 e. The molecule has 0 amide bonds. The average Bonchev–Trinajstić information content (AvgIpc) is 2.45. The molecule has 0 radical (unpaired) electrons. The van der Waals surface area contributed by atoms with Gasteiger partial charge in [-0.1, -0.05) is 6.07 Å². The van der Waals surface area contributed by atoms with Gasteiger partial charge in [0.2, 0.25) is 0 Å². The van der Waals surface area contributed by atoms with Crippen molar-refractivity contribution in [1.29, 1.82) is 0 Å². The van der Waals surface area contributed by atoms with E-state index >= 15 is 0 Å². The number of hydrogen-bond acceptors (Lipinski definition) is 5. The zero-order valence-corrected chi connectivity index (χ0v) is 13.0. The first-order chi connectivity index (χ1) is 10.0. The molecule has 2 heterocycles. The molecule has 0 spiro atoms. The predicted octanol–water partition coefficient (Wildman–Crippen LogP) is 1.69. The maximum atomic E-state index is 11.7. The van der Waals surface area contributed by atoms with Crippen molar-refractivity contribution in [2.75, 3.05) is 24.7 Å². The molecule has 0 saturated carbocycles. The Hall–Kier alpha value is -1.27. The zero-order valence-electron chi connectivity index (χ0n) is 12.2. The molecule has 6 heteroatoms. The van der Waals surface area contributed by atoms with Gasteiger partial charge in [-0.15, -0.1) is 0 Å². The van der Waals surface area contributed by atoms with Gasteiger partial charge in [0, 0.05) is 12.1 Å². The van der Waals surface area contributed by atoms with Gasteiger partial charge in [-0.2, -0.15) is 0 Å². The minimum atomic E-state index is -2.88. The summed E-state index contributed by atoms with van der Waals surface area (Å²) < 4.78 is 34.5. The Kier molecular flexibility index (Phi) is 4.08. The quantitative estimate of drug-likeness (QED) is 0.920. The van der Waals surface area contributed by atoms with E-state index in [4.69, 9.17) is 9.47 Å². The third-order valence-corrected chi connectivity index (χ3v) is 5.84. The van der Waals surface area contributed by atoms with E-state index in [-0.39, 0.29) is 17.8 Å². The molecular weight excluding hydrogens is 290 g/mol. The zero-order chi connectivity index (χ0) is 14.9. The van der Waals surface area contributed by atoms with Gasteiger partial charge in [-0.25, -0.2) is 8.42 Å². The van der Waals surface area contributed by atoms with Crippen LogP contribution >= 0.6 is 0 Å². The smallest absolute Gasteiger partial charge is 0.161 e. The Labute approximate surface area is 125 Å². The van der Waals surface area contributed by atoms with Crippen molar-refractivity contribution >= 4 is 9.84 Å². The lowest BCUT2D eigenvalue weighted by Crippen LogP contribution is -2.41. The third kappa shape index (κ3) is 3.49. The number of sulfone groups is 1. The fourth-order valence-electron chi connectivity index (χ4n) is 2.93. The highest BCUT2D eigenvalue weighted by Crippen LogP contribution is 2.32. The molecule has 21 heavy (non-hydrogen) atoms. The van der Waals surface area contributed by atoms with Crippen molar-refractivity contribution in [2.24, 2.45) is 0 Å². The number of fused-ring (bicyclic) bond motifs is 1. The van der Waals surface area contributed by atoms with Crippen molar-refractivity contribution < 1.29 is 17.9 Å². The van der Waals surface area contributed by atoms with Gasteiger partial charge in [0.1, 0.15) is 13.2 Å². The first-order valence-corrected chi connectivity index (χ1v) is 9.22. The van der Waals surface area contributed by atoms with E-state index in [0.717, 1.165) is 29.9 Å². The fraction of sp³-hybridized carbons (Fsp3) is 0.600. The molecule has 1 aromatic rings. The van der Waals surface area contributed by atoms with Crippen LogP contribution in [0.2, 0.25) is 0 Å². The Morgan fingerprint density at radius 3 is 2.76 bits per heavy atom. The molecule has 0 aliphatic carbocycles. The van der Waals surface area contributed by atoms with Crippen LogP contribution in [0.3, 0.4) is 0 Å². The first-order valence-electron chi connectivity index (χ1n) is 7.39. The molecule has 2 atom stereocenters. The van der Waals surface area contributed by atoms with Crippen LogP contribution in [0.5, 0.6) is 11.5 Å². The van der Waals surface area contributed by atoms with E-state index in [1.165, 1.54) is 0 Å². The second-order valence-electron chi connectivity index (χ2n) is 5.74. The number of benzene rings is 1. The number of hydrogen-bond donors (Lipinski definition) is 1. The molecule has 1 N–H and O–H groups in total. The summed E-state index contributed by atoms with van der Waals surface area (Å²) in [5, 5.41) is 3.42. The average molecular weight is 311 g/mol. The van der Waals surface area contributed by atoms with Crippen molar-refractivity contribution in [2.45, 2.75) is 31.8 Å². The summed E-state index contributed by atoms with van der Waals surface area (Å²) >= 11 is 0. The second-order valence-corrected chi connectivity index (χ2v) is 7.97. The Balaban J connectivity index is 1.69. The van der Waals surface area contributed by atoms with Crippen LogP contribution in [0, 0.1) is 0 Å². The van der Waals surface area contributed by atoms with Gasteiger partial charge in [0.05, 0.1) is 11.5 Å². The van der Waals surface area contributed by atoms with Crippen molar-refractivity contribution in [3.8, 4) is 11.5 Å². The molecule has 0 aromatic heterocycles. The predicted molar refractivity (Wildman–Crippen MR) is 80.7 cm³/mol. The van der Waals surface area contributed by atoms with E-state index in [1.54, 1.807) is 0 Å². The highest BCUT2D eigenvalue weighted by molar-refractivity contribution is 7.91. The molecule has 116 valence electrons. The van der Waals surface area contributed by atoms with Crippen molar-refractivity contribution in [1.82, 2.24) is 5.32 Å². The van der Waals surface area contributed by atoms with Crippen LogP contribution in [0.4, 0.5) is 0 Å². The summed E-state index contributed by atoms with van der Waals surface area (Å²) in [4.78, 5) is 0. The third-order valence-electron chi connectivity index (χ3n) is 4.01. The summed E-state index contributed by atoms with van der Waals surface area (Å²) in [5.41, 5.74) is 1.09. The molecule has 1 fully saturated rings. The standard InChI is InChI=1S/C15H21NO4S/c1-11(16-13-3-2-8-21(17,18)10-13)12-4-5-14-15(9-12)20-7-6-19-14/h4-5,9,11,13,16H,2-3,6-8,10H2,1H3. The molecule has 5 nitrogen and oxygen atoms in total. The lowest BCUT2D eigenvalue weighted by Gasteiger charge is -2.27. The van der Waals surface area contributed by atoms with E-state index in [9.17, 15) is 8.42 Å². The van der Waals surface area contributed by atoms with Crippen LogP contribution < -0.4 is 14.8 Å². The van der Waals surface area contributed by atoms with E-state index in [2.05, 4.69) is 5.32 Å². The molecule has 2 aliphatic rings. The van der Waals surface area contributed by atoms with Crippen LogP contribution in [-0.2, 0) is 9.84 Å². The van der Waals surface area contributed by atoms with Crippen LogP contribution in [-0.4, -0.2) is 39.2 Å². The number of nitrogens with one attached hydrogen (secondary N) is 1.